The monoisotopic (exact) mass is 397 g/mol. The molecule has 0 spiro atoms. The van der Waals surface area contributed by atoms with Crippen LogP contribution >= 0.6 is 0 Å². The predicted molar refractivity (Wildman–Crippen MR) is 94.3 cm³/mol. The molecule has 0 aliphatic rings. The maximum atomic E-state index is 14.3. The van der Waals surface area contributed by atoms with Gasteiger partial charge >= 0.3 is 0 Å². The molecule has 0 aliphatic heterocycles. The van der Waals surface area contributed by atoms with Gasteiger partial charge in [0.15, 0.2) is 23.3 Å². The molecule has 0 saturated heterocycles. The Bertz CT molecular complexity index is 994. The molecule has 0 fully saturated rings. The van der Waals surface area contributed by atoms with Gasteiger partial charge in [0.2, 0.25) is 5.82 Å². The second kappa shape index (κ2) is 6.56. The highest BCUT2D eigenvalue weighted by Crippen LogP contribution is 2.31. The Kier molecular flexibility index (Phi) is 4.67. The molecule has 0 amide bonds. The van der Waals surface area contributed by atoms with Crippen molar-refractivity contribution in [1.82, 2.24) is 15.0 Å². The summed E-state index contributed by atoms with van der Waals surface area (Å²) < 4.78 is 70.8. The lowest BCUT2D eigenvalue weighted by molar-refractivity contribution is 0.381. The van der Waals surface area contributed by atoms with Crippen LogP contribution in [0.4, 0.5) is 22.0 Å². The van der Waals surface area contributed by atoms with Gasteiger partial charge in [-0.2, -0.15) is 0 Å². The summed E-state index contributed by atoms with van der Waals surface area (Å²) in [6, 6.07) is 7.14. The summed E-state index contributed by atoms with van der Waals surface area (Å²) in [5, 5.41) is 8.11. The van der Waals surface area contributed by atoms with Gasteiger partial charge in [-0.1, -0.05) is 42.6 Å². The highest BCUT2D eigenvalue weighted by Gasteiger charge is 2.35. The van der Waals surface area contributed by atoms with Crippen molar-refractivity contribution in [3.63, 3.8) is 0 Å². The molecule has 0 saturated carbocycles. The fraction of sp³-hybridized carbons (Fsp3) is 0.222. The highest BCUT2D eigenvalue weighted by molar-refractivity contribution is 6.89. The SMILES string of the molecule is Cc1ccc(-n2nnc(-c3c(F)c(F)c(F)c(F)c3F)c2[Si](C)(C)C)cc1. The first-order valence-electron chi connectivity index (χ1n) is 8.09. The standard InChI is InChI=1S/C18H16F5N3Si/c1-9-5-7-10(8-6-9)26-18(27(2,3)4)17(24-25-26)11-12(19)14(21)16(23)15(22)13(11)20/h5-8H,1-4H3. The number of benzene rings is 2. The van der Waals surface area contributed by atoms with E-state index >= 15 is 0 Å². The first-order chi connectivity index (χ1) is 12.5. The number of rotatable bonds is 3. The minimum Gasteiger partial charge on any atom is -0.221 e. The number of hydrogen-bond donors (Lipinski definition) is 0. The average Bonchev–Trinajstić information content (AvgIpc) is 3.04. The smallest absolute Gasteiger partial charge is 0.200 e. The van der Waals surface area contributed by atoms with Gasteiger partial charge in [-0.05, 0) is 19.1 Å². The topological polar surface area (TPSA) is 30.7 Å². The Labute approximate surface area is 153 Å². The summed E-state index contributed by atoms with van der Waals surface area (Å²) >= 11 is 0. The minimum atomic E-state index is -2.38. The normalized spacial score (nSPS) is 11.9. The molecule has 3 nitrogen and oxygen atoms in total. The second-order valence-corrected chi connectivity index (χ2v) is 12.2. The fourth-order valence-corrected chi connectivity index (χ4v) is 4.50. The zero-order valence-corrected chi connectivity index (χ0v) is 16.0. The van der Waals surface area contributed by atoms with Crippen molar-refractivity contribution in [3.8, 4) is 16.9 Å². The fourth-order valence-electron chi connectivity index (χ4n) is 2.80. The van der Waals surface area contributed by atoms with Crippen LogP contribution in [0.5, 0.6) is 0 Å². The summed E-state index contributed by atoms with van der Waals surface area (Å²) in [6.07, 6.45) is 0. The number of nitrogens with zero attached hydrogens (tertiary/aromatic N) is 3. The van der Waals surface area contributed by atoms with Gasteiger partial charge in [-0.15, -0.1) is 5.10 Å². The Balaban J connectivity index is 2.36. The molecule has 142 valence electrons. The van der Waals surface area contributed by atoms with Crippen LogP contribution in [0.3, 0.4) is 0 Å². The van der Waals surface area contributed by atoms with Crippen LogP contribution in [0.25, 0.3) is 16.9 Å². The van der Waals surface area contributed by atoms with E-state index in [0.29, 0.717) is 11.0 Å². The molecule has 27 heavy (non-hydrogen) atoms. The summed E-state index contributed by atoms with van der Waals surface area (Å²) in [6.45, 7) is 7.49. The lowest BCUT2D eigenvalue weighted by Gasteiger charge is -2.20. The van der Waals surface area contributed by atoms with Gasteiger partial charge in [0.05, 0.1) is 16.6 Å². The van der Waals surface area contributed by atoms with Crippen LogP contribution < -0.4 is 5.32 Å². The maximum Gasteiger partial charge on any atom is 0.200 e. The third-order valence-corrected chi connectivity index (χ3v) is 5.98. The molecule has 9 heteroatoms. The van der Waals surface area contributed by atoms with Crippen molar-refractivity contribution in [2.24, 2.45) is 0 Å². The molecule has 0 N–H and O–H groups in total. The molecular weight excluding hydrogens is 381 g/mol. The zero-order chi connectivity index (χ0) is 20.1. The Morgan fingerprint density at radius 2 is 1.26 bits per heavy atom. The van der Waals surface area contributed by atoms with E-state index in [1.807, 2.05) is 38.7 Å². The van der Waals surface area contributed by atoms with Crippen molar-refractivity contribution in [2.45, 2.75) is 26.6 Å². The molecule has 2 aromatic carbocycles. The van der Waals surface area contributed by atoms with Crippen LogP contribution in [0.15, 0.2) is 24.3 Å². The summed E-state index contributed by atoms with van der Waals surface area (Å²) in [4.78, 5) is 0. The number of hydrogen-bond acceptors (Lipinski definition) is 2. The largest absolute Gasteiger partial charge is 0.221 e. The molecule has 0 atom stereocenters. The van der Waals surface area contributed by atoms with Crippen molar-refractivity contribution in [1.29, 1.82) is 0 Å². The Hall–Kier alpha value is -2.55. The van der Waals surface area contributed by atoms with Crippen LogP contribution in [0.1, 0.15) is 5.56 Å². The van der Waals surface area contributed by atoms with Gasteiger partial charge in [-0.3, -0.25) is 0 Å². The Morgan fingerprint density at radius 1 is 0.778 bits per heavy atom. The third kappa shape index (κ3) is 3.16. The van der Waals surface area contributed by atoms with Crippen LogP contribution in [-0.4, -0.2) is 23.1 Å². The molecule has 0 aliphatic carbocycles. The van der Waals surface area contributed by atoms with Crippen molar-refractivity contribution < 1.29 is 22.0 Å². The van der Waals surface area contributed by atoms with E-state index in [2.05, 4.69) is 10.3 Å². The lowest BCUT2D eigenvalue weighted by atomic mass is 10.1. The molecular formula is C18H16F5N3Si. The molecule has 0 bridgehead atoms. The van der Waals surface area contributed by atoms with Crippen LogP contribution in [0, 0.1) is 36.0 Å². The molecule has 0 unspecified atom stereocenters. The summed E-state index contributed by atoms with van der Waals surface area (Å²) in [7, 11) is -2.38. The molecule has 3 rings (SSSR count). The number of aromatic nitrogens is 3. The van der Waals surface area contributed by atoms with Gasteiger partial charge in [0.25, 0.3) is 0 Å². The summed E-state index contributed by atoms with van der Waals surface area (Å²) in [5.74, 6) is -10.0. The van der Waals surface area contributed by atoms with E-state index in [0.717, 1.165) is 5.56 Å². The first-order valence-corrected chi connectivity index (χ1v) is 11.6. The van der Waals surface area contributed by atoms with E-state index in [1.54, 1.807) is 12.1 Å². The first kappa shape index (κ1) is 19.2. The van der Waals surface area contributed by atoms with E-state index in [1.165, 1.54) is 4.68 Å². The van der Waals surface area contributed by atoms with E-state index in [-0.39, 0.29) is 5.69 Å². The Morgan fingerprint density at radius 3 is 1.74 bits per heavy atom. The average molecular weight is 397 g/mol. The summed E-state index contributed by atoms with van der Waals surface area (Å²) in [5.41, 5.74) is 0.193. The van der Waals surface area contributed by atoms with Gasteiger partial charge in [-0.25, -0.2) is 26.6 Å². The van der Waals surface area contributed by atoms with Gasteiger partial charge < -0.3 is 0 Å². The van der Waals surface area contributed by atoms with Crippen molar-refractivity contribution in [3.05, 3.63) is 58.9 Å². The molecule has 1 heterocycles. The maximum absolute atomic E-state index is 14.3. The minimum absolute atomic E-state index is 0.331. The predicted octanol–water partition coefficient (Wildman–Crippen LogP) is 4.48. The molecule has 0 radical (unpaired) electrons. The van der Waals surface area contributed by atoms with Crippen molar-refractivity contribution in [2.75, 3.05) is 0 Å². The highest BCUT2D eigenvalue weighted by atomic mass is 28.3. The van der Waals surface area contributed by atoms with E-state index < -0.39 is 42.7 Å². The second-order valence-electron chi connectivity index (χ2n) is 7.23. The number of aryl methyl sites for hydroxylation is 1. The van der Waals surface area contributed by atoms with Gasteiger partial charge in [0.1, 0.15) is 13.8 Å². The lowest BCUT2D eigenvalue weighted by Crippen LogP contribution is -2.44. The van der Waals surface area contributed by atoms with Crippen LogP contribution in [-0.2, 0) is 0 Å². The van der Waals surface area contributed by atoms with Gasteiger partial charge in [0, 0.05) is 0 Å². The third-order valence-electron chi connectivity index (χ3n) is 4.11. The number of halogens is 5. The molecule has 3 aromatic rings. The van der Waals surface area contributed by atoms with Crippen LogP contribution in [0.2, 0.25) is 19.6 Å². The quantitative estimate of drug-likeness (QED) is 0.282. The van der Waals surface area contributed by atoms with Crippen molar-refractivity contribution >= 4 is 13.4 Å². The molecule has 1 aromatic heterocycles. The zero-order valence-electron chi connectivity index (χ0n) is 15.0. The van der Waals surface area contributed by atoms with E-state index in [9.17, 15) is 22.0 Å². The van der Waals surface area contributed by atoms with E-state index in [4.69, 9.17) is 0 Å².